The molecule has 140 valence electrons. The molecule has 0 radical (unpaired) electrons. The normalized spacial score (nSPS) is 17.1. The Kier molecular flexibility index (Phi) is 5.66. The van der Waals surface area contributed by atoms with Crippen LogP contribution in [0, 0.1) is 5.92 Å². The molecule has 1 aromatic carbocycles. The number of H-pyrrole nitrogens is 1. The number of urea groups is 1. The monoisotopic (exact) mass is 377 g/mol. The van der Waals surface area contributed by atoms with Gasteiger partial charge >= 0.3 is 6.03 Å². The van der Waals surface area contributed by atoms with Gasteiger partial charge in [-0.2, -0.15) is 0 Å². The summed E-state index contributed by atoms with van der Waals surface area (Å²) < 4.78 is 0. The van der Waals surface area contributed by atoms with Crippen molar-refractivity contribution in [2.75, 3.05) is 33.7 Å². The van der Waals surface area contributed by atoms with E-state index in [0.717, 1.165) is 29.7 Å². The minimum Gasteiger partial charge on any atom is -0.345 e. The van der Waals surface area contributed by atoms with E-state index in [0.29, 0.717) is 31.1 Å². The number of halogens is 1. The highest BCUT2D eigenvalue weighted by Crippen LogP contribution is 2.18. The summed E-state index contributed by atoms with van der Waals surface area (Å²) in [5, 5.41) is 3.60. The summed E-state index contributed by atoms with van der Waals surface area (Å²) in [7, 11) is 3.57. The molecule has 3 amide bonds. The molecule has 3 rings (SSSR count). The number of likely N-dealkylation sites (tertiary alicyclic amines) is 1. The second-order valence-electron chi connectivity index (χ2n) is 6.91. The average Bonchev–Trinajstić information content (AvgIpc) is 3.13. The van der Waals surface area contributed by atoms with Crippen LogP contribution >= 0.6 is 11.6 Å². The highest BCUT2D eigenvalue weighted by Gasteiger charge is 2.28. The number of carbonyl (C=O) groups is 2. The Balaban J connectivity index is 1.39. The first-order valence-corrected chi connectivity index (χ1v) is 9.17. The Bertz CT molecular complexity index is 806. The van der Waals surface area contributed by atoms with E-state index in [1.54, 1.807) is 23.9 Å². The number of hydrogen-bond donors (Lipinski definition) is 2. The first kappa shape index (κ1) is 18.5. The number of imidazole rings is 1. The zero-order valence-electron chi connectivity index (χ0n) is 15.1. The summed E-state index contributed by atoms with van der Waals surface area (Å²) in [5.41, 5.74) is 1.82. The molecule has 1 saturated heterocycles. The Hall–Kier alpha value is -2.28. The van der Waals surface area contributed by atoms with Crippen molar-refractivity contribution in [3.63, 3.8) is 0 Å². The smallest absolute Gasteiger partial charge is 0.317 e. The lowest BCUT2D eigenvalue weighted by Gasteiger charge is -2.21. The fourth-order valence-electron chi connectivity index (χ4n) is 3.29. The maximum absolute atomic E-state index is 12.2. The van der Waals surface area contributed by atoms with Crippen molar-refractivity contribution in [1.29, 1.82) is 0 Å². The van der Waals surface area contributed by atoms with Gasteiger partial charge in [0.05, 0.1) is 11.0 Å². The molecule has 1 fully saturated rings. The van der Waals surface area contributed by atoms with Crippen LogP contribution in [0.4, 0.5) is 4.79 Å². The van der Waals surface area contributed by atoms with Gasteiger partial charge < -0.3 is 20.1 Å². The van der Waals surface area contributed by atoms with Crippen LogP contribution < -0.4 is 5.32 Å². The van der Waals surface area contributed by atoms with Crippen LogP contribution in [0.25, 0.3) is 11.0 Å². The van der Waals surface area contributed by atoms with E-state index in [4.69, 9.17) is 11.6 Å². The fourth-order valence-corrected chi connectivity index (χ4v) is 3.46. The number of hydrogen-bond acceptors (Lipinski definition) is 3. The van der Waals surface area contributed by atoms with Crippen molar-refractivity contribution >= 4 is 34.6 Å². The lowest BCUT2D eigenvalue weighted by Crippen LogP contribution is -2.40. The number of benzene rings is 1. The van der Waals surface area contributed by atoms with E-state index in [-0.39, 0.29) is 17.9 Å². The number of amides is 3. The second-order valence-corrected chi connectivity index (χ2v) is 7.34. The maximum Gasteiger partial charge on any atom is 0.317 e. The summed E-state index contributed by atoms with van der Waals surface area (Å²) in [6.45, 7) is 1.88. The SMILES string of the molecule is CN1C[C@@H](CN(C)C(=O)NCCCc2nc3ccc(Cl)cc3[nH]2)CC1=O. The first-order valence-electron chi connectivity index (χ1n) is 8.79. The number of nitrogens with one attached hydrogen (secondary N) is 2. The molecule has 1 atom stereocenters. The molecule has 8 heteroatoms. The van der Waals surface area contributed by atoms with Gasteiger partial charge in [-0.3, -0.25) is 4.79 Å². The van der Waals surface area contributed by atoms with Crippen molar-refractivity contribution in [3.8, 4) is 0 Å². The summed E-state index contributed by atoms with van der Waals surface area (Å²) in [5.74, 6) is 1.25. The molecule has 7 nitrogen and oxygen atoms in total. The van der Waals surface area contributed by atoms with Crippen molar-refractivity contribution in [2.24, 2.45) is 5.92 Å². The number of carbonyl (C=O) groups excluding carboxylic acids is 2. The molecule has 0 unspecified atom stereocenters. The van der Waals surface area contributed by atoms with Crippen LogP contribution in [-0.4, -0.2) is 65.4 Å². The molecule has 0 spiro atoms. The zero-order valence-corrected chi connectivity index (χ0v) is 15.8. The number of aromatic amines is 1. The summed E-state index contributed by atoms with van der Waals surface area (Å²) >= 11 is 5.97. The van der Waals surface area contributed by atoms with Gasteiger partial charge in [-0.15, -0.1) is 0 Å². The first-order chi connectivity index (χ1) is 12.4. The topological polar surface area (TPSA) is 81.3 Å². The van der Waals surface area contributed by atoms with E-state index < -0.39 is 0 Å². The van der Waals surface area contributed by atoms with E-state index in [2.05, 4.69) is 15.3 Å². The third kappa shape index (κ3) is 4.46. The van der Waals surface area contributed by atoms with Crippen LogP contribution in [0.2, 0.25) is 5.02 Å². The standard InChI is InChI=1S/C18H24ClN5O2/c1-23-10-12(8-17(23)25)11-24(2)18(26)20-7-3-4-16-21-14-6-5-13(19)9-15(14)22-16/h5-6,9,12H,3-4,7-8,10-11H2,1-2H3,(H,20,26)(H,21,22)/t12-/m0/s1. The minimum atomic E-state index is -0.108. The molecule has 2 heterocycles. The highest BCUT2D eigenvalue weighted by atomic mass is 35.5. The second kappa shape index (κ2) is 7.95. The quantitative estimate of drug-likeness (QED) is 0.758. The van der Waals surface area contributed by atoms with E-state index in [1.807, 2.05) is 18.2 Å². The average molecular weight is 378 g/mol. The van der Waals surface area contributed by atoms with Gasteiger partial charge in [-0.25, -0.2) is 9.78 Å². The summed E-state index contributed by atoms with van der Waals surface area (Å²) in [4.78, 5) is 34.9. The van der Waals surface area contributed by atoms with Crippen LogP contribution in [0.15, 0.2) is 18.2 Å². The number of rotatable bonds is 6. The van der Waals surface area contributed by atoms with Gasteiger partial charge in [0, 0.05) is 57.5 Å². The van der Waals surface area contributed by atoms with E-state index in [1.165, 1.54) is 0 Å². The highest BCUT2D eigenvalue weighted by molar-refractivity contribution is 6.31. The summed E-state index contributed by atoms with van der Waals surface area (Å²) in [6.07, 6.45) is 2.06. The molecule has 26 heavy (non-hydrogen) atoms. The fraction of sp³-hybridized carbons (Fsp3) is 0.500. The lowest BCUT2D eigenvalue weighted by molar-refractivity contribution is -0.126. The van der Waals surface area contributed by atoms with Gasteiger partial charge in [0.15, 0.2) is 0 Å². The Morgan fingerprint density at radius 3 is 3.04 bits per heavy atom. The maximum atomic E-state index is 12.2. The Morgan fingerprint density at radius 1 is 1.50 bits per heavy atom. The molecular weight excluding hydrogens is 354 g/mol. The van der Waals surface area contributed by atoms with E-state index >= 15 is 0 Å². The van der Waals surface area contributed by atoms with Gasteiger partial charge in [0.2, 0.25) is 5.91 Å². The third-order valence-corrected chi connectivity index (χ3v) is 4.89. The van der Waals surface area contributed by atoms with Crippen molar-refractivity contribution < 1.29 is 9.59 Å². The number of nitrogens with zero attached hydrogens (tertiary/aromatic N) is 3. The Labute approximate surface area is 157 Å². The number of aryl methyl sites for hydroxylation is 1. The van der Waals surface area contributed by atoms with Crippen LogP contribution in [0.1, 0.15) is 18.7 Å². The molecule has 2 N–H and O–H groups in total. The van der Waals surface area contributed by atoms with E-state index in [9.17, 15) is 9.59 Å². The molecule has 1 aliphatic heterocycles. The van der Waals surface area contributed by atoms with Gasteiger partial charge in [-0.1, -0.05) is 11.6 Å². The molecule has 1 aromatic heterocycles. The largest absolute Gasteiger partial charge is 0.345 e. The summed E-state index contributed by atoms with van der Waals surface area (Å²) in [6, 6.07) is 5.46. The zero-order chi connectivity index (χ0) is 18.7. The van der Waals surface area contributed by atoms with Crippen LogP contribution in [-0.2, 0) is 11.2 Å². The lowest BCUT2D eigenvalue weighted by atomic mass is 10.1. The predicted octanol–water partition coefficient (Wildman–Crippen LogP) is 2.27. The van der Waals surface area contributed by atoms with Gasteiger partial charge in [0.1, 0.15) is 5.82 Å². The van der Waals surface area contributed by atoms with Crippen LogP contribution in [0.5, 0.6) is 0 Å². The predicted molar refractivity (Wildman–Crippen MR) is 101 cm³/mol. The van der Waals surface area contributed by atoms with Gasteiger partial charge in [0.25, 0.3) is 0 Å². The van der Waals surface area contributed by atoms with Crippen molar-refractivity contribution in [1.82, 2.24) is 25.1 Å². The number of aromatic nitrogens is 2. The van der Waals surface area contributed by atoms with Crippen molar-refractivity contribution in [2.45, 2.75) is 19.3 Å². The molecule has 0 bridgehead atoms. The Morgan fingerprint density at radius 2 is 2.31 bits per heavy atom. The minimum absolute atomic E-state index is 0.108. The van der Waals surface area contributed by atoms with Crippen molar-refractivity contribution in [3.05, 3.63) is 29.0 Å². The third-order valence-electron chi connectivity index (χ3n) is 4.66. The molecule has 0 saturated carbocycles. The molecular formula is C18H24ClN5O2. The number of fused-ring (bicyclic) bond motifs is 1. The molecule has 1 aliphatic rings. The molecule has 0 aliphatic carbocycles. The van der Waals surface area contributed by atoms with Crippen LogP contribution in [0.3, 0.4) is 0 Å². The molecule has 2 aromatic rings. The van der Waals surface area contributed by atoms with Gasteiger partial charge in [-0.05, 0) is 24.6 Å².